The Morgan fingerprint density at radius 2 is 1.74 bits per heavy atom. The van der Waals surface area contributed by atoms with Crippen molar-refractivity contribution in [3.8, 4) is 0 Å². The van der Waals surface area contributed by atoms with E-state index in [0.717, 1.165) is 13.0 Å². The Morgan fingerprint density at radius 3 is 2.21 bits per heavy atom. The van der Waals surface area contributed by atoms with Crippen molar-refractivity contribution in [1.82, 2.24) is 10.2 Å². The van der Waals surface area contributed by atoms with E-state index in [0.29, 0.717) is 25.6 Å². The molecular formula is C15H30N2O2. The van der Waals surface area contributed by atoms with E-state index in [1.807, 2.05) is 4.90 Å². The molecular weight excluding hydrogens is 240 g/mol. The van der Waals surface area contributed by atoms with E-state index in [1.54, 1.807) is 0 Å². The molecule has 0 saturated carbocycles. The number of morpholine rings is 1. The lowest BCUT2D eigenvalue weighted by atomic mass is 9.98. The van der Waals surface area contributed by atoms with Crippen LogP contribution in [0, 0.1) is 0 Å². The lowest BCUT2D eigenvalue weighted by Gasteiger charge is -2.47. The van der Waals surface area contributed by atoms with E-state index in [4.69, 9.17) is 4.74 Å². The van der Waals surface area contributed by atoms with Crippen LogP contribution in [0.1, 0.15) is 54.4 Å². The van der Waals surface area contributed by atoms with Crippen molar-refractivity contribution in [2.75, 3.05) is 19.6 Å². The highest BCUT2D eigenvalue weighted by molar-refractivity contribution is 5.76. The van der Waals surface area contributed by atoms with Gasteiger partial charge in [-0.2, -0.15) is 0 Å². The van der Waals surface area contributed by atoms with Gasteiger partial charge in [0, 0.05) is 25.6 Å². The lowest BCUT2D eigenvalue weighted by molar-refractivity contribution is -0.188. The first kappa shape index (κ1) is 16.4. The van der Waals surface area contributed by atoms with Crippen molar-refractivity contribution >= 4 is 5.91 Å². The molecule has 0 aromatic carbocycles. The topological polar surface area (TPSA) is 41.6 Å². The normalized spacial score (nSPS) is 21.7. The molecule has 0 aromatic rings. The van der Waals surface area contributed by atoms with Gasteiger partial charge in [-0.1, -0.05) is 13.8 Å². The number of amides is 1. The minimum Gasteiger partial charge on any atom is -0.366 e. The maximum atomic E-state index is 12.3. The van der Waals surface area contributed by atoms with Gasteiger partial charge in [0.05, 0.1) is 11.2 Å². The molecule has 0 aliphatic carbocycles. The number of nitrogens with zero attached hydrogens (tertiary/aromatic N) is 1. The molecule has 0 bridgehead atoms. The molecule has 0 atom stereocenters. The second kappa shape index (κ2) is 6.23. The highest BCUT2D eigenvalue weighted by atomic mass is 16.5. The average molecular weight is 270 g/mol. The summed E-state index contributed by atoms with van der Waals surface area (Å²) in [6.07, 6.45) is 1.51. The Bertz CT molecular complexity index is 295. The van der Waals surface area contributed by atoms with E-state index in [1.165, 1.54) is 0 Å². The number of carbonyl (C=O) groups excluding carboxylic acids is 1. The van der Waals surface area contributed by atoms with Gasteiger partial charge in [0.1, 0.15) is 0 Å². The first-order valence-corrected chi connectivity index (χ1v) is 7.33. The number of nitrogens with one attached hydrogen (secondary N) is 1. The van der Waals surface area contributed by atoms with Crippen LogP contribution in [0.5, 0.6) is 0 Å². The fraction of sp³-hybridized carbons (Fsp3) is 0.933. The van der Waals surface area contributed by atoms with Gasteiger partial charge in [-0.3, -0.25) is 4.79 Å². The fourth-order valence-electron chi connectivity index (χ4n) is 2.75. The van der Waals surface area contributed by atoms with Crippen LogP contribution in [0.15, 0.2) is 0 Å². The molecule has 0 radical (unpaired) electrons. The van der Waals surface area contributed by atoms with E-state index in [9.17, 15) is 4.79 Å². The quantitative estimate of drug-likeness (QED) is 0.779. The predicted octanol–water partition coefficient (Wildman–Crippen LogP) is 2.18. The summed E-state index contributed by atoms with van der Waals surface area (Å²) in [6.45, 7) is 14.7. The molecule has 0 spiro atoms. The molecule has 1 amide bonds. The van der Waals surface area contributed by atoms with E-state index in [-0.39, 0.29) is 17.1 Å². The van der Waals surface area contributed by atoms with E-state index < -0.39 is 0 Å². The van der Waals surface area contributed by atoms with Crippen molar-refractivity contribution < 1.29 is 9.53 Å². The maximum Gasteiger partial charge on any atom is 0.222 e. The average Bonchev–Trinajstić information content (AvgIpc) is 2.19. The zero-order chi connectivity index (χ0) is 14.7. The van der Waals surface area contributed by atoms with Crippen LogP contribution < -0.4 is 5.32 Å². The van der Waals surface area contributed by atoms with Crippen molar-refractivity contribution in [1.29, 1.82) is 0 Å². The van der Waals surface area contributed by atoms with Gasteiger partial charge in [0.2, 0.25) is 5.91 Å². The summed E-state index contributed by atoms with van der Waals surface area (Å²) < 4.78 is 5.99. The standard InChI is InChI=1S/C15H30N2O2/c1-12(2)16-9-7-8-13(18)17-10-14(3,4)19-15(5,6)11-17/h12,16H,7-11H2,1-6H3. The summed E-state index contributed by atoms with van der Waals surface area (Å²) in [7, 11) is 0. The Kier molecular flexibility index (Phi) is 5.39. The van der Waals surface area contributed by atoms with Crippen molar-refractivity contribution in [3.05, 3.63) is 0 Å². The molecule has 1 N–H and O–H groups in total. The summed E-state index contributed by atoms with van der Waals surface area (Å²) in [6, 6.07) is 0.483. The second-order valence-corrected chi connectivity index (χ2v) is 7.08. The van der Waals surface area contributed by atoms with Crippen LogP contribution >= 0.6 is 0 Å². The number of rotatable bonds is 5. The van der Waals surface area contributed by atoms with Gasteiger partial charge in [0.25, 0.3) is 0 Å². The van der Waals surface area contributed by atoms with Gasteiger partial charge < -0.3 is 15.0 Å². The van der Waals surface area contributed by atoms with E-state index >= 15 is 0 Å². The third kappa shape index (κ3) is 5.91. The summed E-state index contributed by atoms with van der Waals surface area (Å²) in [5, 5.41) is 3.34. The van der Waals surface area contributed by atoms with Gasteiger partial charge in [0.15, 0.2) is 0 Å². The van der Waals surface area contributed by atoms with Crippen LogP contribution in [0.3, 0.4) is 0 Å². The molecule has 1 saturated heterocycles. The summed E-state index contributed by atoms with van der Waals surface area (Å²) >= 11 is 0. The number of carbonyl (C=O) groups is 1. The molecule has 1 heterocycles. The summed E-state index contributed by atoms with van der Waals surface area (Å²) in [5.74, 6) is 0.245. The smallest absolute Gasteiger partial charge is 0.222 e. The number of hydrogen-bond acceptors (Lipinski definition) is 3. The Balaban J connectivity index is 2.43. The van der Waals surface area contributed by atoms with Crippen molar-refractivity contribution in [2.24, 2.45) is 0 Å². The van der Waals surface area contributed by atoms with Gasteiger partial charge in [-0.15, -0.1) is 0 Å². The third-order valence-corrected chi connectivity index (χ3v) is 3.17. The molecule has 0 unspecified atom stereocenters. The SMILES string of the molecule is CC(C)NCCCC(=O)N1CC(C)(C)OC(C)(C)C1. The predicted molar refractivity (Wildman–Crippen MR) is 78.2 cm³/mol. The minimum atomic E-state index is -0.256. The molecule has 4 nitrogen and oxygen atoms in total. The van der Waals surface area contributed by atoms with Crippen molar-refractivity contribution in [2.45, 2.75) is 71.6 Å². The zero-order valence-electron chi connectivity index (χ0n) is 13.4. The molecule has 1 rings (SSSR count). The van der Waals surface area contributed by atoms with Crippen molar-refractivity contribution in [3.63, 3.8) is 0 Å². The lowest BCUT2D eigenvalue weighted by Crippen LogP contribution is -2.58. The fourth-order valence-corrected chi connectivity index (χ4v) is 2.75. The number of ether oxygens (including phenoxy) is 1. The first-order chi connectivity index (χ1) is 8.61. The Hall–Kier alpha value is -0.610. The van der Waals surface area contributed by atoms with Gasteiger partial charge in [-0.05, 0) is 40.7 Å². The van der Waals surface area contributed by atoms with Crippen LogP contribution in [0.4, 0.5) is 0 Å². The zero-order valence-corrected chi connectivity index (χ0v) is 13.4. The van der Waals surface area contributed by atoms with Crippen LogP contribution in [-0.2, 0) is 9.53 Å². The summed E-state index contributed by atoms with van der Waals surface area (Å²) in [5.41, 5.74) is -0.513. The van der Waals surface area contributed by atoms with Gasteiger partial charge in [-0.25, -0.2) is 0 Å². The minimum absolute atomic E-state index is 0.245. The molecule has 0 aromatic heterocycles. The van der Waals surface area contributed by atoms with E-state index in [2.05, 4.69) is 46.9 Å². The third-order valence-electron chi connectivity index (χ3n) is 3.17. The monoisotopic (exact) mass is 270 g/mol. The highest BCUT2D eigenvalue weighted by Crippen LogP contribution is 2.28. The molecule has 4 heteroatoms. The Labute approximate surface area is 117 Å². The van der Waals surface area contributed by atoms with Crippen LogP contribution in [0.2, 0.25) is 0 Å². The van der Waals surface area contributed by atoms with Gasteiger partial charge >= 0.3 is 0 Å². The second-order valence-electron chi connectivity index (χ2n) is 7.08. The molecule has 112 valence electrons. The largest absolute Gasteiger partial charge is 0.366 e. The first-order valence-electron chi connectivity index (χ1n) is 7.33. The van der Waals surface area contributed by atoms with Crippen LogP contribution in [0.25, 0.3) is 0 Å². The Morgan fingerprint density at radius 1 is 1.21 bits per heavy atom. The molecule has 1 fully saturated rings. The highest BCUT2D eigenvalue weighted by Gasteiger charge is 2.39. The maximum absolute atomic E-state index is 12.3. The molecule has 19 heavy (non-hydrogen) atoms. The van der Waals surface area contributed by atoms with Crippen LogP contribution in [-0.4, -0.2) is 47.7 Å². The number of hydrogen-bond donors (Lipinski definition) is 1. The molecule has 1 aliphatic heterocycles. The molecule has 1 aliphatic rings. The summed E-state index contributed by atoms with van der Waals surface area (Å²) in [4.78, 5) is 14.2.